The predicted octanol–water partition coefficient (Wildman–Crippen LogP) is 1.03. The summed E-state index contributed by atoms with van der Waals surface area (Å²) in [5, 5.41) is 27.0. The zero-order chi connectivity index (χ0) is 10.6. The van der Waals surface area contributed by atoms with Crippen molar-refractivity contribution in [3.8, 4) is 17.2 Å². The minimum Gasteiger partial charge on any atom is -0.504 e. The van der Waals surface area contributed by atoms with E-state index in [-0.39, 0.29) is 24.7 Å². The molecule has 0 fully saturated rings. The van der Waals surface area contributed by atoms with E-state index in [9.17, 15) is 10.2 Å². The first-order valence-corrected chi connectivity index (χ1v) is 4.47. The van der Waals surface area contributed by atoms with Crippen molar-refractivity contribution in [2.24, 2.45) is 0 Å². The average Bonchev–Trinajstić information content (AvgIpc) is 2.19. The van der Waals surface area contributed by atoms with Gasteiger partial charge in [-0.2, -0.15) is 0 Å². The molecule has 14 heavy (non-hydrogen) atoms. The predicted molar refractivity (Wildman–Crippen MR) is 51.7 cm³/mol. The number of aromatic hydroxyl groups is 2. The third-order valence-electron chi connectivity index (χ3n) is 1.89. The maximum absolute atomic E-state index is 9.23. The number of phenols is 2. The number of rotatable bonds is 4. The van der Waals surface area contributed by atoms with Crippen molar-refractivity contribution in [2.75, 3.05) is 13.2 Å². The Kier molecular flexibility index (Phi) is 3.59. The van der Waals surface area contributed by atoms with Crippen LogP contribution in [-0.4, -0.2) is 28.5 Å². The smallest absolute Gasteiger partial charge is 0.161 e. The van der Waals surface area contributed by atoms with Gasteiger partial charge in [0.25, 0.3) is 0 Å². The fourth-order valence-corrected chi connectivity index (χ4v) is 1.17. The van der Waals surface area contributed by atoms with Crippen molar-refractivity contribution >= 4 is 0 Å². The van der Waals surface area contributed by atoms with Crippen LogP contribution in [0.25, 0.3) is 0 Å². The van der Waals surface area contributed by atoms with Crippen molar-refractivity contribution in [3.05, 3.63) is 17.7 Å². The molecular formula is C10H14O4. The van der Waals surface area contributed by atoms with E-state index < -0.39 is 0 Å². The molecule has 0 heterocycles. The fraction of sp³-hybridized carbons (Fsp3) is 0.400. The molecule has 0 saturated carbocycles. The van der Waals surface area contributed by atoms with Gasteiger partial charge in [0.15, 0.2) is 11.5 Å². The summed E-state index contributed by atoms with van der Waals surface area (Å²) >= 11 is 0. The summed E-state index contributed by atoms with van der Waals surface area (Å²) in [6.45, 7) is 2.01. The molecule has 3 N–H and O–H groups in total. The van der Waals surface area contributed by atoms with Crippen LogP contribution in [0.1, 0.15) is 12.5 Å². The second kappa shape index (κ2) is 4.72. The Bertz CT molecular complexity index is 309. The summed E-state index contributed by atoms with van der Waals surface area (Å²) in [6.07, 6.45) is 0.689. The molecule has 0 aliphatic rings. The number of phenolic OH excluding ortho intramolecular Hbond substituents is 2. The lowest BCUT2D eigenvalue weighted by atomic mass is 10.1. The average molecular weight is 198 g/mol. The Labute approximate surface area is 82.4 Å². The topological polar surface area (TPSA) is 69.9 Å². The van der Waals surface area contributed by atoms with Gasteiger partial charge in [0.05, 0.1) is 6.61 Å². The molecule has 0 radical (unpaired) electrons. The maximum Gasteiger partial charge on any atom is 0.161 e. The zero-order valence-corrected chi connectivity index (χ0v) is 8.03. The minimum atomic E-state index is -0.213. The van der Waals surface area contributed by atoms with E-state index in [2.05, 4.69) is 0 Å². The van der Waals surface area contributed by atoms with Gasteiger partial charge in [0.1, 0.15) is 12.4 Å². The third kappa shape index (κ3) is 2.29. The fourth-order valence-electron chi connectivity index (χ4n) is 1.17. The number of aliphatic hydroxyl groups excluding tert-OH is 1. The molecule has 0 aromatic heterocycles. The molecule has 78 valence electrons. The Morgan fingerprint density at radius 2 is 1.86 bits per heavy atom. The maximum atomic E-state index is 9.23. The normalized spacial score (nSPS) is 10.1. The summed E-state index contributed by atoms with van der Waals surface area (Å²) in [5.41, 5.74) is 0.800. The first-order valence-electron chi connectivity index (χ1n) is 4.47. The first-order chi connectivity index (χ1) is 6.69. The molecule has 1 rings (SSSR count). The number of hydrogen-bond acceptors (Lipinski definition) is 4. The summed E-state index contributed by atoms with van der Waals surface area (Å²) in [6, 6.07) is 2.81. The summed E-state index contributed by atoms with van der Waals surface area (Å²) in [4.78, 5) is 0. The number of hydrogen-bond donors (Lipinski definition) is 3. The van der Waals surface area contributed by atoms with Gasteiger partial charge in [-0.05, 0) is 18.1 Å². The van der Waals surface area contributed by atoms with E-state index in [1.807, 2.05) is 6.92 Å². The van der Waals surface area contributed by atoms with Crippen LogP contribution in [0.2, 0.25) is 0 Å². The van der Waals surface area contributed by atoms with Gasteiger partial charge in [0.2, 0.25) is 0 Å². The van der Waals surface area contributed by atoms with Crippen molar-refractivity contribution in [1.29, 1.82) is 0 Å². The van der Waals surface area contributed by atoms with Gasteiger partial charge in [-0.3, -0.25) is 0 Å². The number of aliphatic hydroxyl groups is 1. The van der Waals surface area contributed by atoms with Crippen molar-refractivity contribution < 1.29 is 20.1 Å². The Morgan fingerprint density at radius 1 is 1.21 bits per heavy atom. The van der Waals surface area contributed by atoms with E-state index in [4.69, 9.17) is 9.84 Å². The lowest BCUT2D eigenvalue weighted by Crippen LogP contribution is -2.03. The van der Waals surface area contributed by atoms with Gasteiger partial charge >= 0.3 is 0 Å². The quantitative estimate of drug-likeness (QED) is 0.632. The van der Waals surface area contributed by atoms with E-state index >= 15 is 0 Å². The first kappa shape index (κ1) is 10.7. The Balaban J connectivity index is 2.95. The molecule has 1 aromatic carbocycles. The van der Waals surface area contributed by atoms with E-state index in [1.165, 1.54) is 12.1 Å². The van der Waals surface area contributed by atoms with Crippen LogP contribution in [-0.2, 0) is 6.42 Å². The van der Waals surface area contributed by atoms with Gasteiger partial charge in [0, 0.05) is 6.07 Å². The van der Waals surface area contributed by atoms with Crippen LogP contribution in [0, 0.1) is 0 Å². The van der Waals surface area contributed by atoms with Crippen molar-refractivity contribution in [1.82, 2.24) is 0 Å². The molecule has 0 amide bonds. The van der Waals surface area contributed by atoms with E-state index in [1.54, 1.807) is 0 Å². The monoisotopic (exact) mass is 198 g/mol. The molecular weight excluding hydrogens is 184 g/mol. The van der Waals surface area contributed by atoms with Crippen LogP contribution in [0.3, 0.4) is 0 Å². The van der Waals surface area contributed by atoms with Crippen LogP contribution in [0.15, 0.2) is 12.1 Å². The third-order valence-corrected chi connectivity index (χ3v) is 1.89. The molecule has 4 nitrogen and oxygen atoms in total. The molecule has 4 heteroatoms. The number of aryl methyl sites for hydroxylation is 1. The van der Waals surface area contributed by atoms with Gasteiger partial charge in [-0.15, -0.1) is 0 Å². The van der Waals surface area contributed by atoms with Crippen LogP contribution in [0.5, 0.6) is 17.2 Å². The van der Waals surface area contributed by atoms with Gasteiger partial charge in [-0.25, -0.2) is 0 Å². The summed E-state index contributed by atoms with van der Waals surface area (Å²) in [5.74, 6) is 0.130. The molecule has 0 aliphatic carbocycles. The van der Waals surface area contributed by atoms with Crippen molar-refractivity contribution in [3.63, 3.8) is 0 Å². The highest BCUT2D eigenvalue weighted by molar-refractivity contribution is 5.49. The largest absolute Gasteiger partial charge is 0.504 e. The van der Waals surface area contributed by atoms with Gasteiger partial charge in [-0.1, -0.05) is 6.92 Å². The lowest BCUT2D eigenvalue weighted by Gasteiger charge is -2.10. The molecule has 0 atom stereocenters. The van der Waals surface area contributed by atoms with Gasteiger partial charge < -0.3 is 20.1 Å². The highest BCUT2D eigenvalue weighted by Crippen LogP contribution is 2.33. The van der Waals surface area contributed by atoms with Crippen LogP contribution < -0.4 is 4.74 Å². The van der Waals surface area contributed by atoms with E-state index in [0.29, 0.717) is 12.2 Å². The minimum absolute atomic E-state index is 0.0786. The molecule has 0 bridgehead atoms. The summed E-state index contributed by atoms with van der Waals surface area (Å²) < 4.78 is 5.19. The SMILES string of the molecule is CCc1cc(O)c(O)cc1OCCO. The van der Waals surface area contributed by atoms with Crippen LogP contribution >= 0.6 is 0 Å². The molecule has 0 aliphatic heterocycles. The van der Waals surface area contributed by atoms with E-state index in [0.717, 1.165) is 5.56 Å². The number of benzene rings is 1. The van der Waals surface area contributed by atoms with Crippen molar-refractivity contribution in [2.45, 2.75) is 13.3 Å². The molecule has 0 saturated heterocycles. The Hall–Kier alpha value is -1.42. The Morgan fingerprint density at radius 3 is 2.43 bits per heavy atom. The second-order valence-electron chi connectivity index (χ2n) is 2.87. The standard InChI is InChI=1S/C10H14O4/c1-2-7-5-8(12)9(13)6-10(7)14-4-3-11/h5-6,11-13H,2-4H2,1H3. The highest BCUT2D eigenvalue weighted by Gasteiger charge is 2.07. The summed E-state index contributed by atoms with van der Waals surface area (Å²) in [7, 11) is 0. The second-order valence-corrected chi connectivity index (χ2v) is 2.87. The lowest BCUT2D eigenvalue weighted by molar-refractivity contribution is 0.199. The molecule has 0 unspecified atom stereocenters. The number of ether oxygens (including phenoxy) is 1. The zero-order valence-electron chi connectivity index (χ0n) is 8.03. The molecule has 0 spiro atoms. The molecule has 1 aromatic rings. The highest BCUT2D eigenvalue weighted by atomic mass is 16.5. The van der Waals surface area contributed by atoms with Crippen LogP contribution in [0.4, 0.5) is 0 Å².